The van der Waals surface area contributed by atoms with Gasteiger partial charge in [0, 0.05) is 39.4 Å². The standard InChI is InChI=1S/C24H24O3S/c1-3-5-7-19(25)15-9-11-17-21(13-15)27-23-18-12-10-16(20(26)8-6-4-2)14-22(18)28-24(17)23/h9-14H,3-8H2,1-2H3. The minimum absolute atomic E-state index is 0.170. The van der Waals surface area contributed by atoms with Crippen molar-refractivity contribution in [2.24, 2.45) is 0 Å². The molecule has 0 aliphatic rings. The predicted octanol–water partition coefficient (Wildman–Crippen LogP) is 7.55. The molecular weight excluding hydrogens is 368 g/mol. The lowest BCUT2D eigenvalue weighted by molar-refractivity contribution is 0.0972. The molecule has 2 aromatic heterocycles. The summed E-state index contributed by atoms with van der Waals surface area (Å²) < 4.78 is 8.29. The number of unbranched alkanes of at least 4 members (excludes halogenated alkanes) is 2. The normalized spacial score (nSPS) is 11.6. The van der Waals surface area contributed by atoms with Crippen LogP contribution in [0.1, 0.15) is 73.1 Å². The van der Waals surface area contributed by atoms with Gasteiger partial charge in [-0.3, -0.25) is 9.59 Å². The molecule has 4 aromatic rings. The highest BCUT2D eigenvalue weighted by Crippen LogP contribution is 2.41. The Hall–Kier alpha value is -2.46. The van der Waals surface area contributed by atoms with Crippen LogP contribution >= 0.6 is 11.3 Å². The molecule has 0 atom stereocenters. The fourth-order valence-electron chi connectivity index (χ4n) is 3.57. The van der Waals surface area contributed by atoms with Crippen LogP contribution in [0.5, 0.6) is 0 Å². The lowest BCUT2D eigenvalue weighted by Gasteiger charge is -2.01. The zero-order valence-electron chi connectivity index (χ0n) is 16.3. The summed E-state index contributed by atoms with van der Waals surface area (Å²) in [5, 5.41) is 2.06. The molecule has 2 heterocycles. The maximum absolute atomic E-state index is 12.3. The summed E-state index contributed by atoms with van der Waals surface area (Å²) >= 11 is 1.65. The fraction of sp³-hybridized carbons (Fsp3) is 0.333. The minimum Gasteiger partial charge on any atom is -0.454 e. The SMILES string of the molecule is CCCCC(=O)c1ccc2c(c1)oc1c3ccc(C(=O)CCCC)cc3sc21. The molecule has 0 unspecified atom stereocenters. The van der Waals surface area contributed by atoms with E-state index in [9.17, 15) is 9.59 Å². The molecule has 28 heavy (non-hydrogen) atoms. The Morgan fingerprint density at radius 2 is 1.46 bits per heavy atom. The molecule has 0 saturated heterocycles. The molecular formula is C24H24O3S. The molecule has 3 nitrogen and oxygen atoms in total. The van der Waals surface area contributed by atoms with Crippen molar-refractivity contribution in [1.29, 1.82) is 0 Å². The Morgan fingerprint density at radius 3 is 2.11 bits per heavy atom. The molecule has 0 spiro atoms. The number of hydrogen-bond donors (Lipinski definition) is 0. The van der Waals surface area contributed by atoms with Crippen LogP contribution in [-0.2, 0) is 0 Å². The van der Waals surface area contributed by atoms with Gasteiger partial charge in [0.15, 0.2) is 17.1 Å². The van der Waals surface area contributed by atoms with E-state index in [0.29, 0.717) is 12.8 Å². The summed E-state index contributed by atoms with van der Waals surface area (Å²) in [6.45, 7) is 4.18. The zero-order valence-corrected chi connectivity index (χ0v) is 17.2. The second-order valence-electron chi connectivity index (χ2n) is 7.34. The van der Waals surface area contributed by atoms with Crippen molar-refractivity contribution in [2.75, 3.05) is 0 Å². The van der Waals surface area contributed by atoms with Crippen molar-refractivity contribution in [2.45, 2.75) is 52.4 Å². The van der Waals surface area contributed by atoms with Gasteiger partial charge >= 0.3 is 0 Å². The zero-order chi connectivity index (χ0) is 19.7. The molecule has 0 aliphatic heterocycles. The van der Waals surface area contributed by atoms with Gasteiger partial charge in [-0.25, -0.2) is 0 Å². The van der Waals surface area contributed by atoms with Crippen LogP contribution in [0.2, 0.25) is 0 Å². The minimum atomic E-state index is 0.170. The quantitative estimate of drug-likeness (QED) is 0.291. The van der Waals surface area contributed by atoms with Crippen LogP contribution < -0.4 is 0 Å². The van der Waals surface area contributed by atoms with E-state index >= 15 is 0 Å². The third-order valence-corrected chi connectivity index (χ3v) is 6.41. The van der Waals surface area contributed by atoms with Crippen LogP contribution in [-0.4, -0.2) is 11.6 Å². The van der Waals surface area contributed by atoms with Gasteiger partial charge in [0.05, 0.1) is 4.70 Å². The third kappa shape index (κ3) is 3.37. The summed E-state index contributed by atoms with van der Waals surface area (Å²) in [7, 11) is 0. The van der Waals surface area contributed by atoms with Crippen molar-refractivity contribution in [3.05, 3.63) is 47.5 Å². The summed E-state index contributed by atoms with van der Waals surface area (Å²) in [6, 6.07) is 11.6. The molecule has 0 aliphatic carbocycles. The van der Waals surface area contributed by atoms with Crippen molar-refractivity contribution < 1.29 is 14.0 Å². The first-order valence-corrected chi connectivity index (χ1v) is 10.9. The van der Waals surface area contributed by atoms with Gasteiger partial charge < -0.3 is 4.42 Å². The number of furan rings is 1. The monoisotopic (exact) mass is 392 g/mol. The highest BCUT2D eigenvalue weighted by Gasteiger charge is 2.17. The topological polar surface area (TPSA) is 47.3 Å². The molecule has 4 rings (SSSR count). The van der Waals surface area contributed by atoms with Gasteiger partial charge in [0.2, 0.25) is 0 Å². The van der Waals surface area contributed by atoms with Gasteiger partial charge in [0.25, 0.3) is 0 Å². The Kier molecular flexibility index (Phi) is 5.31. The number of rotatable bonds is 8. The van der Waals surface area contributed by atoms with Gasteiger partial charge in [-0.15, -0.1) is 11.3 Å². The first-order chi connectivity index (χ1) is 13.6. The molecule has 144 valence electrons. The second kappa shape index (κ2) is 7.88. The number of ketones is 2. The van der Waals surface area contributed by atoms with Crippen LogP contribution in [0, 0.1) is 0 Å². The first-order valence-electron chi connectivity index (χ1n) is 10.1. The van der Waals surface area contributed by atoms with Crippen molar-refractivity contribution in [1.82, 2.24) is 0 Å². The van der Waals surface area contributed by atoms with E-state index in [-0.39, 0.29) is 11.6 Å². The predicted molar refractivity (Wildman–Crippen MR) is 117 cm³/mol. The second-order valence-corrected chi connectivity index (χ2v) is 8.39. The number of carbonyl (C=O) groups excluding carboxylic acids is 2. The number of benzene rings is 2. The summed E-state index contributed by atoms with van der Waals surface area (Å²) in [5.74, 6) is 0.373. The van der Waals surface area contributed by atoms with E-state index in [1.54, 1.807) is 11.3 Å². The van der Waals surface area contributed by atoms with Crippen LogP contribution in [0.25, 0.3) is 31.3 Å². The number of carbonyl (C=O) groups is 2. The maximum Gasteiger partial charge on any atom is 0.163 e. The molecule has 0 amide bonds. The molecule has 0 fully saturated rings. The fourth-order valence-corrected chi connectivity index (χ4v) is 4.77. The lowest BCUT2D eigenvalue weighted by atomic mass is 10.0. The van der Waals surface area contributed by atoms with E-state index < -0.39 is 0 Å². The molecule has 4 heteroatoms. The molecule has 0 bridgehead atoms. The number of thiophene rings is 1. The van der Waals surface area contributed by atoms with Crippen molar-refractivity contribution in [3.8, 4) is 0 Å². The molecule has 0 saturated carbocycles. The van der Waals surface area contributed by atoms with Crippen molar-refractivity contribution in [3.63, 3.8) is 0 Å². The maximum atomic E-state index is 12.3. The number of hydrogen-bond acceptors (Lipinski definition) is 4. The molecule has 0 N–H and O–H groups in total. The van der Waals surface area contributed by atoms with Crippen LogP contribution in [0.15, 0.2) is 40.8 Å². The Labute approximate surface area is 168 Å². The summed E-state index contributed by atoms with van der Waals surface area (Å²) in [5.41, 5.74) is 3.10. The highest BCUT2D eigenvalue weighted by molar-refractivity contribution is 7.26. The highest BCUT2D eigenvalue weighted by atomic mass is 32.1. The van der Waals surface area contributed by atoms with E-state index in [2.05, 4.69) is 13.8 Å². The average molecular weight is 393 g/mol. The first kappa shape index (κ1) is 18.9. The van der Waals surface area contributed by atoms with Gasteiger partial charge in [-0.05, 0) is 37.1 Å². The van der Waals surface area contributed by atoms with E-state index in [0.717, 1.165) is 68.1 Å². The van der Waals surface area contributed by atoms with Crippen molar-refractivity contribution >= 4 is 54.2 Å². The van der Waals surface area contributed by atoms with E-state index in [1.807, 2.05) is 36.4 Å². The lowest BCUT2D eigenvalue weighted by Crippen LogP contribution is -1.98. The van der Waals surface area contributed by atoms with Gasteiger partial charge in [-0.2, -0.15) is 0 Å². The average Bonchev–Trinajstić information content (AvgIpc) is 3.24. The summed E-state index contributed by atoms with van der Waals surface area (Å²) in [6.07, 6.45) is 5.05. The Bertz CT molecular complexity index is 1090. The number of Topliss-reactive ketones (excluding diaryl/α,β-unsaturated/α-hetero) is 2. The smallest absolute Gasteiger partial charge is 0.163 e. The van der Waals surface area contributed by atoms with Gasteiger partial charge in [-0.1, -0.05) is 38.8 Å². The van der Waals surface area contributed by atoms with E-state index in [4.69, 9.17) is 4.42 Å². The number of fused-ring (bicyclic) bond motifs is 5. The van der Waals surface area contributed by atoms with Gasteiger partial charge in [0.1, 0.15) is 5.58 Å². The third-order valence-electron chi connectivity index (χ3n) is 5.24. The van der Waals surface area contributed by atoms with E-state index in [1.165, 1.54) is 0 Å². The summed E-state index contributed by atoms with van der Waals surface area (Å²) in [4.78, 5) is 24.7. The Balaban J connectivity index is 1.73. The molecule has 0 radical (unpaired) electrons. The Morgan fingerprint density at radius 1 is 0.857 bits per heavy atom. The van der Waals surface area contributed by atoms with Crippen LogP contribution in [0.4, 0.5) is 0 Å². The largest absolute Gasteiger partial charge is 0.454 e. The van der Waals surface area contributed by atoms with Crippen LogP contribution in [0.3, 0.4) is 0 Å². The molecule has 2 aromatic carbocycles.